The molecular weight excluding hydrogens is 465 g/mol. The van der Waals surface area contributed by atoms with Crippen LogP contribution in [0.25, 0.3) is 0 Å². The number of nitrogens with zero attached hydrogens (tertiary/aromatic N) is 2. The van der Waals surface area contributed by atoms with Crippen molar-refractivity contribution in [2.24, 2.45) is 5.92 Å². The number of rotatable bonds is 5. The summed E-state index contributed by atoms with van der Waals surface area (Å²) in [4.78, 5) is 22.7. The van der Waals surface area contributed by atoms with Crippen molar-refractivity contribution in [1.82, 2.24) is 4.31 Å². The average molecular weight is 486 g/mol. The number of non-ortho nitro benzene ring substituents is 1. The lowest BCUT2D eigenvalue weighted by atomic mass is 9.97. The zero-order valence-corrected chi connectivity index (χ0v) is 19.2. The van der Waals surface area contributed by atoms with Gasteiger partial charge in [0.15, 0.2) is 0 Å². The second-order valence-electron chi connectivity index (χ2n) is 7.48. The first-order valence-electron chi connectivity index (χ1n) is 9.52. The van der Waals surface area contributed by atoms with Gasteiger partial charge in [0.1, 0.15) is 4.90 Å². The van der Waals surface area contributed by atoms with Gasteiger partial charge in [-0.05, 0) is 49.9 Å². The predicted octanol–water partition coefficient (Wildman–Crippen LogP) is 4.56. The molecule has 166 valence electrons. The largest absolute Gasteiger partial charge is 0.324 e. The maximum atomic E-state index is 13.0. The van der Waals surface area contributed by atoms with E-state index in [0.717, 1.165) is 23.3 Å². The minimum atomic E-state index is -4.03. The molecule has 0 atom stereocenters. The number of aryl methyl sites for hydroxylation is 2. The number of nitro benzene ring substituents is 1. The molecule has 0 radical (unpaired) electrons. The summed E-state index contributed by atoms with van der Waals surface area (Å²) in [6.45, 7) is 3.96. The van der Waals surface area contributed by atoms with Crippen LogP contribution < -0.4 is 5.32 Å². The lowest BCUT2D eigenvalue weighted by Gasteiger charge is -2.31. The van der Waals surface area contributed by atoms with Gasteiger partial charge in [-0.2, -0.15) is 4.31 Å². The summed E-state index contributed by atoms with van der Waals surface area (Å²) in [5, 5.41) is 14.2. The normalized spacial score (nSPS) is 15.6. The second kappa shape index (κ2) is 9.12. The van der Waals surface area contributed by atoms with Gasteiger partial charge in [-0.1, -0.05) is 29.3 Å². The number of nitro groups is 1. The molecule has 2 aromatic carbocycles. The first kappa shape index (κ1) is 23.5. The van der Waals surface area contributed by atoms with Crippen LogP contribution in [0.5, 0.6) is 0 Å². The van der Waals surface area contributed by atoms with E-state index in [0.29, 0.717) is 23.6 Å². The quantitative estimate of drug-likeness (QED) is 0.492. The highest BCUT2D eigenvalue weighted by atomic mass is 35.5. The van der Waals surface area contributed by atoms with E-state index < -0.39 is 14.9 Å². The number of halogens is 2. The van der Waals surface area contributed by atoms with Crippen LogP contribution >= 0.6 is 23.2 Å². The van der Waals surface area contributed by atoms with Crippen LogP contribution in [0, 0.1) is 29.9 Å². The van der Waals surface area contributed by atoms with E-state index in [2.05, 4.69) is 5.32 Å². The molecule has 3 rings (SSSR count). The maximum Gasteiger partial charge on any atom is 0.270 e. The number of nitrogens with one attached hydrogen (secondary N) is 1. The first-order chi connectivity index (χ1) is 14.5. The van der Waals surface area contributed by atoms with Crippen molar-refractivity contribution < 1.29 is 18.1 Å². The monoisotopic (exact) mass is 485 g/mol. The van der Waals surface area contributed by atoms with E-state index in [1.54, 1.807) is 6.07 Å². The highest BCUT2D eigenvalue weighted by molar-refractivity contribution is 7.89. The van der Waals surface area contributed by atoms with E-state index in [4.69, 9.17) is 23.2 Å². The van der Waals surface area contributed by atoms with E-state index >= 15 is 0 Å². The standard InChI is InChI=1S/C20H21Cl2N3O5S/c1-12-9-13(2)19(17(22)10-12)23-20(26)14-5-7-24(8-6-14)31(29,30)18-11-15(25(27)28)3-4-16(18)21/h3-4,9-11,14H,5-8H2,1-2H3,(H,23,26). The molecule has 0 saturated carbocycles. The van der Waals surface area contributed by atoms with Gasteiger partial charge in [0.2, 0.25) is 15.9 Å². The predicted molar refractivity (Wildman–Crippen MR) is 119 cm³/mol. The number of benzene rings is 2. The van der Waals surface area contributed by atoms with Crippen molar-refractivity contribution in [3.63, 3.8) is 0 Å². The summed E-state index contributed by atoms with van der Waals surface area (Å²) in [5.74, 6) is -0.608. The fraction of sp³-hybridized carbons (Fsp3) is 0.350. The topological polar surface area (TPSA) is 110 Å². The zero-order chi connectivity index (χ0) is 22.9. The van der Waals surface area contributed by atoms with Gasteiger partial charge >= 0.3 is 0 Å². The van der Waals surface area contributed by atoms with Gasteiger partial charge in [-0.3, -0.25) is 14.9 Å². The number of sulfonamides is 1. The van der Waals surface area contributed by atoms with Crippen LogP contribution in [0.15, 0.2) is 35.2 Å². The SMILES string of the molecule is Cc1cc(C)c(NC(=O)C2CCN(S(=O)(=O)c3cc([N+](=O)[O-])ccc3Cl)CC2)c(Cl)c1. The van der Waals surface area contributed by atoms with E-state index in [1.807, 2.05) is 19.9 Å². The molecule has 0 aliphatic carbocycles. The minimum Gasteiger partial charge on any atom is -0.324 e. The molecular formula is C20H21Cl2N3O5S. The molecule has 1 amide bonds. The Balaban J connectivity index is 1.71. The fourth-order valence-corrected chi connectivity index (χ4v) is 5.93. The van der Waals surface area contributed by atoms with E-state index in [-0.39, 0.29) is 40.5 Å². The van der Waals surface area contributed by atoms with Gasteiger partial charge in [0.05, 0.1) is 20.7 Å². The third-order valence-corrected chi connectivity index (χ3v) is 7.93. The van der Waals surface area contributed by atoms with Crippen LogP contribution in [0.4, 0.5) is 11.4 Å². The Morgan fingerprint density at radius 3 is 2.35 bits per heavy atom. The number of amides is 1. The zero-order valence-electron chi connectivity index (χ0n) is 16.9. The third-order valence-electron chi connectivity index (χ3n) is 5.25. The molecule has 1 saturated heterocycles. The molecule has 31 heavy (non-hydrogen) atoms. The van der Waals surface area contributed by atoms with Gasteiger partial charge in [-0.15, -0.1) is 0 Å². The van der Waals surface area contributed by atoms with Crippen LogP contribution in [-0.2, 0) is 14.8 Å². The average Bonchev–Trinajstić information content (AvgIpc) is 2.70. The molecule has 0 aromatic heterocycles. The third kappa shape index (κ3) is 5.01. The Labute approximate surface area is 190 Å². The summed E-state index contributed by atoms with van der Waals surface area (Å²) in [6.07, 6.45) is 0.611. The summed E-state index contributed by atoms with van der Waals surface area (Å²) >= 11 is 12.3. The smallest absolute Gasteiger partial charge is 0.270 e. The van der Waals surface area contributed by atoms with Gasteiger partial charge in [0.25, 0.3) is 5.69 Å². The number of carbonyl (C=O) groups excluding carboxylic acids is 1. The molecule has 0 unspecified atom stereocenters. The Hall–Kier alpha value is -2.20. The number of carbonyl (C=O) groups is 1. The van der Waals surface area contributed by atoms with Crippen LogP contribution in [0.1, 0.15) is 24.0 Å². The highest BCUT2D eigenvalue weighted by Gasteiger charge is 2.34. The van der Waals surface area contributed by atoms with Crippen LogP contribution in [0.3, 0.4) is 0 Å². The van der Waals surface area contributed by atoms with Crippen molar-refractivity contribution >= 4 is 50.5 Å². The minimum absolute atomic E-state index is 0.0880. The first-order valence-corrected chi connectivity index (χ1v) is 11.7. The second-order valence-corrected chi connectivity index (χ2v) is 10.2. The van der Waals surface area contributed by atoms with Crippen molar-refractivity contribution in [3.05, 3.63) is 61.6 Å². The Kier molecular flexibility index (Phi) is 6.90. The molecule has 2 aromatic rings. The number of piperidine rings is 1. The van der Waals surface area contributed by atoms with E-state index in [1.165, 1.54) is 10.4 Å². The van der Waals surface area contributed by atoms with Gasteiger partial charge < -0.3 is 5.32 Å². The molecule has 0 bridgehead atoms. The Bertz CT molecular complexity index is 1120. The Morgan fingerprint density at radius 1 is 1.13 bits per heavy atom. The molecule has 8 nitrogen and oxygen atoms in total. The van der Waals surface area contributed by atoms with Crippen molar-refractivity contribution in [1.29, 1.82) is 0 Å². The summed E-state index contributed by atoms with van der Waals surface area (Å²) in [7, 11) is -4.03. The molecule has 11 heteroatoms. The lowest BCUT2D eigenvalue weighted by Crippen LogP contribution is -2.41. The highest BCUT2D eigenvalue weighted by Crippen LogP contribution is 2.32. The summed E-state index contributed by atoms with van der Waals surface area (Å²) in [5.41, 5.74) is 2.02. The molecule has 1 aliphatic heterocycles. The molecule has 1 N–H and O–H groups in total. The molecule has 1 fully saturated rings. The molecule has 1 aliphatic rings. The number of hydrogen-bond donors (Lipinski definition) is 1. The van der Waals surface area contributed by atoms with E-state index in [9.17, 15) is 23.3 Å². The van der Waals surface area contributed by atoms with Crippen molar-refractivity contribution in [2.45, 2.75) is 31.6 Å². The summed E-state index contributed by atoms with van der Waals surface area (Å²) in [6, 6.07) is 6.98. The van der Waals surface area contributed by atoms with Gasteiger partial charge in [0, 0.05) is 31.1 Å². The lowest BCUT2D eigenvalue weighted by molar-refractivity contribution is -0.385. The van der Waals surface area contributed by atoms with Crippen molar-refractivity contribution in [3.8, 4) is 0 Å². The fourth-order valence-electron chi connectivity index (χ4n) is 3.60. The van der Waals surface area contributed by atoms with Gasteiger partial charge in [-0.25, -0.2) is 8.42 Å². The van der Waals surface area contributed by atoms with Crippen molar-refractivity contribution in [2.75, 3.05) is 18.4 Å². The number of hydrogen-bond acceptors (Lipinski definition) is 5. The van der Waals surface area contributed by atoms with Crippen LogP contribution in [-0.4, -0.2) is 36.6 Å². The Morgan fingerprint density at radius 2 is 1.77 bits per heavy atom. The molecule has 1 heterocycles. The van der Waals surface area contributed by atoms with Crippen LogP contribution in [0.2, 0.25) is 10.0 Å². The summed E-state index contributed by atoms with van der Waals surface area (Å²) < 4.78 is 27.1. The maximum absolute atomic E-state index is 13.0. The number of anilines is 1. The molecule has 0 spiro atoms.